The average Bonchev–Trinajstić information content (AvgIpc) is 2.78. The van der Waals surface area contributed by atoms with Gasteiger partial charge in [0.05, 0.1) is 25.2 Å². The number of hydrogen-bond acceptors (Lipinski definition) is 8. The standard InChI is InChI=1S/C22H24N4O5/c1-4-31-22(29)15-8-6-9-25(13-15)19-17(11-16(12-23)21(28)30-3)20(27)26-10-5-7-14(2)18(26)24-19/h5,7,10-11,15H,4,6,8-9,13H2,1-3H3/b16-11+/t15-/m1/s1. The molecular formula is C22H24N4O5. The molecule has 9 nitrogen and oxygen atoms in total. The number of carbonyl (C=O) groups excluding carboxylic acids is 2. The molecule has 1 saturated heterocycles. The predicted molar refractivity (Wildman–Crippen MR) is 113 cm³/mol. The van der Waals surface area contributed by atoms with Gasteiger partial charge in [-0.1, -0.05) is 6.07 Å². The van der Waals surface area contributed by atoms with Crippen LogP contribution in [0.5, 0.6) is 0 Å². The number of aromatic nitrogens is 2. The Hall–Kier alpha value is -3.67. The van der Waals surface area contributed by atoms with E-state index in [0.29, 0.717) is 44.0 Å². The lowest BCUT2D eigenvalue weighted by Gasteiger charge is -2.33. The Morgan fingerprint density at radius 1 is 1.42 bits per heavy atom. The normalized spacial score (nSPS) is 16.6. The van der Waals surface area contributed by atoms with Crippen molar-refractivity contribution in [2.24, 2.45) is 5.92 Å². The average molecular weight is 424 g/mol. The number of pyridine rings is 1. The molecule has 3 heterocycles. The number of rotatable bonds is 5. The number of nitrogens with zero attached hydrogens (tertiary/aromatic N) is 4. The Kier molecular flexibility index (Phi) is 6.70. The van der Waals surface area contributed by atoms with Gasteiger partial charge in [0.1, 0.15) is 23.1 Å². The summed E-state index contributed by atoms with van der Waals surface area (Å²) in [7, 11) is 1.16. The predicted octanol–water partition coefficient (Wildman–Crippen LogP) is 1.86. The van der Waals surface area contributed by atoms with Crippen molar-refractivity contribution in [3.05, 3.63) is 45.4 Å². The summed E-state index contributed by atoms with van der Waals surface area (Å²) in [6, 6.07) is 5.34. The van der Waals surface area contributed by atoms with Crippen molar-refractivity contribution in [2.75, 3.05) is 31.7 Å². The monoisotopic (exact) mass is 424 g/mol. The number of piperidine rings is 1. The minimum atomic E-state index is -0.842. The molecular weight excluding hydrogens is 400 g/mol. The number of methoxy groups -OCH3 is 1. The molecule has 3 rings (SSSR count). The second-order valence-electron chi connectivity index (χ2n) is 7.24. The summed E-state index contributed by atoms with van der Waals surface area (Å²) in [5.74, 6) is -1.15. The molecule has 1 aliphatic heterocycles. The largest absolute Gasteiger partial charge is 0.466 e. The van der Waals surface area contributed by atoms with Crippen LogP contribution in [0.4, 0.5) is 5.82 Å². The zero-order chi connectivity index (χ0) is 22.5. The molecule has 0 unspecified atom stereocenters. The van der Waals surface area contributed by atoms with E-state index in [1.807, 2.05) is 17.9 Å². The molecule has 1 aliphatic rings. The highest BCUT2D eigenvalue weighted by molar-refractivity contribution is 5.98. The van der Waals surface area contributed by atoms with Crippen LogP contribution in [0.3, 0.4) is 0 Å². The zero-order valence-electron chi connectivity index (χ0n) is 17.8. The maximum absolute atomic E-state index is 13.3. The van der Waals surface area contributed by atoms with Crippen LogP contribution < -0.4 is 10.5 Å². The summed E-state index contributed by atoms with van der Waals surface area (Å²) in [5.41, 5.74) is 0.626. The number of aryl methyl sites for hydroxylation is 1. The van der Waals surface area contributed by atoms with Crippen LogP contribution in [0, 0.1) is 24.2 Å². The van der Waals surface area contributed by atoms with Crippen molar-refractivity contribution in [2.45, 2.75) is 26.7 Å². The van der Waals surface area contributed by atoms with Crippen LogP contribution in [-0.4, -0.2) is 48.1 Å². The fraction of sp³-hybridized carbons (Fsp3) is 0.409. The first kappa shape index (κ1) is 22.0. The van der Waals surface area contributed by atoms with Gasteiger partial charge in [-0.2, -0.15) is 5.26 Å². The fourth-order valence-electron chi connectivity index (χ4n) is 3.68. The van der Waals surface area contributed by atoms with Gasteiger partial charge in [-0.05, 0) is 44.4 Å². The van der Waals surface area contributed by atoms with Crippen molar-refractivity contribution >= 4 is 29.5 Å². The van der Waals surface area contributed by atoms with Crippen molar-refractivity contribution < 1.29 is 19.1 Å². The van der Waals surface area contributed by atoms with E-state index in [1.54, 1.807) is 25.3 Å². The lowest BCUT2D eigenvalue weighted by atomic mass is 9.97. The van der Waals surface area contributed by atoms with Crippen molar-refractivity contribution in [1.82, 2.24) is 9.38 Å². The van der Waals surface area contributed by atoms with Crippen LogP contribution in [0.1, 0.15) is 30.9 Å². The van der Waals surface area contributed by atoms with E-state index >= 15 is 0 Å². The van der Waals surface area contributed by atoms with Gasteiger partial charge in [-0.15, -0.1) is 0 Å². The third kappa shape index (κ3) is 4.43. The molecule has 0 bridgehead atoms. The highest BCUT2D eigenvalue weighted by Gasteiger charge is 2.30. The lowest BCUT2D eigenvalue weighted by Crippen LogP contribution is -2.41. The number of nitriles is 1. The van der Waals surface area contributed by atoms with E-state index < -0.39 is 11.5 Å². The minimum absolute atomic E-state index is 0.0922. The number of fused-ring (bicyclic) bond motifs is 1. The number of anilines is 1. The van der Waals surface area contributed by atoms with Crippen LogP contribution in [0.15, 0.2) is 28.7 Å². The number of hydrogen-bond donors (Lipinski definition) is 0. The first-order chi connectivity index (χ1) is 14.9. The zero-order valence-corrected chi connectivity index (χ0v) is 17.8. The molecule has 0 aliphatic carbocycles. The van der Waals surface area contributed by atoms with Crippen LogP contribution in [-0.2, 0) is 19.1 Å². The van der Waals surface area contributed by atoms with Gasteiger partial charge in [-0.3, -0.25) is 14.0 Å². The minimum Gasteiger partial charge on any atom is -0.466 e. The number of esters is 2. The van der Waals surface area contributed by atoms with Gasteiger partial charge in [0.25, 0.3) is 5.56 Å². The highest BCUT2D eigenvalue weighted by atomic mass is 16.5. The van der Waals surface area contributed by atoms with E-state index in [-0.39, 0.29) is 23.0 Å². The van der Waals surface area contributed by atoms with Gasteiger partial charge in [0.15, 0.2) is 0 Å². The maximum Gasteiger partial charge on any atom is 0.348 e. The molecule has 0 spiro atoms. The molecule has 0 radical (unpaired) electrons. The molecule has 1 fully saturated rings. The summed E-state index contributed by atoms with van der Waals surface area (Å²) in [6.45, 7) is 4.79. The quantitative estimate of drug-likeness (QED) is 0.406. The van der Waals surface area contributed by atoms with Gasteiger partial charge in [-0.25, -0.2) is 9.78 Å². The third-order valence-electron chi connectivity index (χ3n) is 5.22. The molecule has 31 heavy (non-hydrogen) atoms. The van der Waals surface area contributed by atoms with E-state index in [4.69, 9.17) is 9.72 Å². The molecule has 0 N–H and O–H groups in total. The van der Waals surface area contributed by atoms with E-state index in [0.717, 1.165) is 12.7 Å². The summed E-state index contributed by atoms with van der Waals surface area (Å²) in [5, 5.41) is 9.39. The SMILES string of the molecule is CCOC(=O)[C@@H]1CCCN(c2nc3c(C)cccn3c(=O)c2/C=C(\C#N)C(=O)OC)C1. The van der Waals surface area contributed by atoms with E-state index in [1.165, 1.54) is 10.5 Å². The lowest BCUT2D eigenvalue weighted by molar-refractivity contribution is -0.148. The summed E-state index contributed by atoms with van der Waals surface area (Å²) in [4.78, 5) is 44.1. The van der Waals surface area contributed by atoms with E-state index in [2.05, 4.69) is 4.74 Å². The van der Waals surface area contributed by atoms with Gasteiger partial charge in [0.2, 0.25) is 0 Å². The van der Waals surface area contributed by atoms with Crippen molar-refractivity contribution in [3.8, 4) is 6.07 Å². The van der Waals surface area contributed by atoms with Gasteiger partial charge < -0.3 is 14.4 Å². The molecule has 2 aromatic rings. The van der Waals surface area contributed by atoms with Crippen LogP contribution in [0.2, 0.25) is 0 Å². The van der Waals surface area contributed by atoms with Crippen molar-refractivity contribution in [1.29, 1.82) is 5.26 Å². The summed E-state index contributed by atoms with van der Waals surface area (Å²) >= 11 is 0. The first-order valence-corrected chi connectivity index (χ1v) is 10.0. The Bertz CT molecular complexity index is 1150. The van der Waals surface area contributed by atoms with Crippen molar-refractivity contribution in [3.63, 3.8) is 0 Å². The Morgan fingerprint density at radius 2 is 2.19 bits per heavy atom. The van der Waals surface area contributed by atoms with E-state index in [9.17, 15) is 19.6 Å². The summed E-state index contributed by atoms with van der Waals surface area (Å²) < 4.78 is 11.2. The molecule has 0 saturated carbocycles. The molecule has 0 aromatic carbocycles. The molecule has 1 atom stereocenters. The maximum atomic E-state index is 13.3. The third-order valence-corrected chi connectivity index (χ3v) is 5.22. The summed E-state index contributed by atoms with van der Waals surface area (Å²) in [6.07, 6.45) is 4.18. The number of carbonyl (C=O) groups is 2. The van der Waals surface area contributed by atoms with Crippen LogP contribution >= 0.6 is 0 Å². The fourth-order valence-corrected chi connectivity index (χ4v) is 3.68. The molecule has 162 valence electrons. The Morgan fingerprint density at radius 3 is 2.87 bits per heavy atom. The topological polar surface area (TPSA) is 114 Å². The van der Waals surface area contributed by atoms with Crippen LogP contribution in [0.25, 0.3) is 11.7 Å². The highest BCUT2D eigenvalue weighted by Crippen LogP contribution is 2.26. The number of ether oxygens (including phenoxy) is 2. The molecule has 0 amide bonds. The second kappa shape index (κ2) is 9.43. The smallest absolute Gasteiger partial charge is 0.348 e. The molecule has 9 heteroatoms. The Balaban J connectivity index is 2.19. The Labute approximate surface area is 179 Å². The first-order valence-electron chi connectivity index (χ1n) is 10.0. The molecule has 2 aromatic heterocycles. The second-order valence-corrected chi connectivity index (χ2v) is 7.24. The van der Waals surface area contributed by atoms with Gasteiger partial charge >= 0.3 is 11.9 Å². The van der Waals surface area contributed by atoms with Gasteiger partial charge in [0, 0.05) is 19.3 Å².